The van der Waals surface area contributed by atoms with E-state index in [-0.39, 0.29) is 29.1 Å². The van der Waals surface area contributed by atoms with E-state index in [0.29, 0.717) is 16.4 Å². The van der Waals surface area contributed by atoms with E-state index in [0.717, 1.165) is 11.5 Å². The molecule has 0 saturated carbocycles. The van der Waals surface area contributed by atoms with Crippen molar-refractivity contribution in [3.63, 3.8) is 0 Å². The largest absolute Gasteiger partial charge is 0.492 e. The molecule has 6 nitrogen and oxygen atoms in total. The van der Waals surface area contributed by atoms with Gasteiger partial charge in [-0.15, -0.1) is 0 Å². The maximum absolute atomic E-state index is 14.4. The van der Waals surface area contributed by atoms with E-state index in [9.17, 15) is 13.9 Å². The lowest BCUT2D eigenvalue weighted by atomic mass is 10.2. The molecular weight excluding hydrogens is 386 g/mol. The topological polar surface area (TPSA) is 90.3 Å². The first-order valence-corrected chi connectivity index (χ1v) is 9.15. The maximum atomic E-state index is 14.4. The van der Waals surface area contributed by atoms with Gasteiger partial charge >= 0.3 is 0 Å². The molecule has 0 aliphatic carbocycles. The molecule has 0 unspecified atom stereocenters. The lowest BCUT2D eigenvalue weighted by Crippen LogP contribution is -2.30. The van der Waals surface area contributed by atoms with Crippen molar-refractivity contribution in [2.45, 2.75) is 19.9 Å². The Morgan fingerprint density at radius 3 is 2.54 bits per heavy atom. The van der Waals surface area contributed by atoms with Crippen LogP contribution in [0.15, 0.2) is 42.5 Å². The van der Waals surface area contributed by atoms with Gasteiger partial charge in [-0.1, -0.05) is 0 Å². The van der Waals surface area contributed by atoms with Crippen LogP contribution in [0.5, 0.6) is 17.4 Å². The number of anilines is 2. The molecule has 146 valence electrons. The van der Waals surface area contributed by atoms with Crippen LogP contribution in [-0.4, -0.2) is 21.4 Å². The van der Waals surface area contributed by atoms with E-state index in [2.05, 4.69) is 15.0 Å². The average molecular weight is 404 g/mol. The van der Waals surface area contributed by atoms with Crippen molar-refractivity contribution in [3.05, 3.63) is 59.7 Å². The number of nitrogens with one attached hydrogen (secondary N) is 3. The molecule has 0 aliphatic rings. The third-order valence-electron chi connectivity index (χ3n) is 3.59. The number of nitrogens with zero attached hydrogens (tertiary/aromatic N) is 1. The molecule has 0 spiro atoms. The van der Waals surface area contributed by atoms with Crippen molar-refractivity contribution in [2.75, 3.05) is 5.32 Å². The van der Waals surface area contributed by atoms with Crippen molar-refractivity contribution in [3.8, 4) is 17.4 Å². The molecule has 0 amide bonds. The fraction of sp³-hybridized carbons (Fsp3) is 0.158. The molecule has 0 radical (unpaired) electrons. The minimum atomic E-state index is -0.625. The van der Waals surface area contributed by atoms with Crippen LogP contribution in [0, 0.1) is 17.0 Å². The first-order valence-electron chi connectivity index (χ1n) is 8.37. The molecule has 1 heterocycles. The smallest absolute Gasteiger partial charge is 0.236 e. The number of rotatable bonds is 6. The van der Waals surface area contributed by atoms with Crippen LogP contribution < -0.4 is 15.4 Å². The number of aromatic hydroxyl groups is 1. The lowest BCUT2D eigenvalue weighted by molar-refractivity contribution is 0.441. The summed E-state index contributed by atoms with van der Waals surface area (Å²) >= 11 is 0.959. The predicted molar refractivity (Wildman–Crippen MR) is 105 cm³/mol. The van der Waals surface area contributed by atoms with E-state index in [4.69, 9.17) is 10.1 Å². The van der Waals surface area contributed by atoms with E-state index in [1.807, 2.05) is 13.8 Å². The fourth-order valence-electron chi connectivity index (χ4n) is 2.38. The predicted octanol–water partition coefficient (Wildman–Crippen LogP) is 4.99. The number of halogens is 2. The van der Waals surface area contributed by atoms with Crippen LogP contribution >= 0.6 is 11.5 Å². The highest BCUT2D eigenvalue weighted by Crippen LogP contribution is 2.34. The minimum absolute atomic E-state index is 0.0000109. The van der Waals surface area contributed by atoms with E-state index in [1.165, 1.54) is 36.4 Å². The van der Waals surface area contributed by atoms with Crippen molar-refractivity contribution in [1.82, 2.24) is 9.69 Å². The second-order valence-corrected chi connectivity index (χ2v) is 6.98. The van der Waals surface area contributed by atoms with Gasteiger partial charge in [0.25, 0.3) is 0 Å². The number of benzene rings is 2. The first kappa shape index (κ1) is 19.6. The quantitative estimate of drug-likeness (QED) is 0.343. The standard InChI is InChI=1S/C19H18F2N4O2S/c1-10(2)23-17(22)16-18(26)25-28-19(16)24-12-5-8-15(14(21)9-12)27-13-6-3-11(20)4-7-13/h3-10,24H,1-2H3,(H2,22,23)(H,25,26). The van der Waals surface area contributed by atoms with Gasteiger partial charge in [-0.3, -0.25) is 5.41 Å². The summed E-state index contributed by atoms with van der Waals surface area (Å²) in [5.74, 6) is -1.00. The highest BCUT2D eigenvalue weighted by Gasteiger charge is 2.19. The minimum Gasteiger partial charge on any atom is -0.492 e. The molecule has 4 N–H and O–H groups in total. The zero-order valence-corrected chi connectivity index (χ0v) is 15.9. The molecule has 0 bridgehead atoms. The van der Waals surface area contributed by atoms with Gasteiger partial charge in [0.15, 0.2) is 11.6 Å². The number of hydrogen-bond acceptors (Lipinski definition) is 6. The van der Waals surface area contributed by atoms with Gasteiger partial charge in [0.1, 0.15) is 28.0 Å². The Hall–Kier alpha value is -3.20. The van der Waals surface area contributed by atoms with Gasteiger partial charge in [0.05, 0.1) is 0 Å². The lowest BCUT2D eigenvalue weighted by Gasteiger charge is -2.13. The Labute approximate surface area is 164 Å². The molecule has 1 aromatic heterocycles. The highest BCUT2D eigenvalue weighted by atomic mass is 32.1. The third kappa shape index (κ3) is 4.55. The molecule has 28 heavy (non-hydrogen) atoms. The van der Waals surface area contributed by atoms with Crippen LogP contribution in [0.25, 0.3) is 0 Å². The van der Waals surface area contributed by atoms with Gasteiger partial charge in [-0.2, -0.15) is 4.37 Å². The second-order valence-electron chi connectivity index (χ2n) is 6.21. The van der Waals surface area contributed by atoms with Crippen LogP contribution in [-0.2, 0) is 0 Å². The van der Waals surface area contributed by atoms with Crippen LogP contribution in [0.2, 0.25) is 0 Å². The van der Waals surface area contributed by atoms with Gasteiger partial charge in [-0.25, -0.2) is 8.78 Å². The molecule has 0 fully saturated rings. The van der Waals surface area contributed by atoms with Gasteiger partial charge in [0, 0.05) is 17.8 Å². The van der Waals surface area contributed by atoms with Crippen LogP contribution in [0.1, 0.15) is 19.4 Å². The van der Waals surface area contributed by atoms with Gasteiger partial charge < -0.3 is 20.5 Å². The van der Waals surface area contributed by atoms with Crippen molar-refractivity contribution in [1.29, 1.82) is 5.41 Å². The summed E-state index contributed by atoms with van der Waals surface area (Å²) in [5, 5.41) is 24.3. The normalized spacial score (nSPS) is 10.8. The molecule has 3 aromatic rings. The number of aromatic nitrogens is 1. The summed E-state index contributed by atoms with van der Waals surface area (Å²) in [4.78, 5) is 0. The Morgan fingerprint density at radius 2 is 1.89 bits per heavy atom. The molecule has 0 atom stereocenters. The van der Waals surface area contributed by atoms with E-state index < -0.39 is 11.6 Å². The summed E-state index contributed by atoms with van der Waals surface area (Å²) < 4.78 is 36.6. The summed E-state index contributed by atoms with van der Waals surface area (Å²) in [5.41, 5.74) is 0.608. The maximum Gasteiger partial charge on any atom is 0.236 e. The monoisotopic (exact) mass is 404 g/mol. The summed E-state index contributed by atoms with van der Waals surface area (Å²) in [7, 11) is 0. The SMILES string of the molecule is CC(C)NC(=N)c1c(O)nsc1Nc1ccc(Oc2ccc(F)cc2)c(F)c1. The zero-order chi connectivity index (χ0) is 20.3. The Morgan fingerprint density at radius 1 is 1.18 bits per heavy atom. The number of ether oxygens (including phenoxy) is 1. The van der Waals surface area contributed by atoms with E-state index >= 15 is 0 Å². The van der Waals surface area contributed by atoms with Crippen LogP contribution in [0.4, 0.5) is 19.5 Å². The van der Waals surface area contributed by atoms with Gasteiger partial charge in [-0.05, 0) is 61.8 Å². The zero-order valence-electron chi connectivity index (χ0n) is 15.1. The second kappa shape index (κ2) is 8.22. The molecule has 3 rings (SSSR count). The molecule has 2 aromatic carbocycles. The van der Waals surface area contributed by atoms with Crippen molar-refractivity contribution < 1.29 is 18.6 Å². The Bertz CT molecular complexity index is 990. The first-order chi connectivity index (χ1) is 13.3. The van der Waals surface area contributed by atoms with Crippen molar-refractivity contribution in [2.24, 2.45) is 0 Å². The average Bonchev–Trinajstić information content (AvgIpc) is 2.99. The molecule has 0 aliphatic heterocycles. The summed E-state index contributed by atoms with van der Waals surface area (Å²) in [6.45, 7) is 3.74. The van der Waals surface area contributed by atoms with Crippen LogP contribution in [0.3, 0.4) is 0 Å². The Balaban J connectivity index is 1.78. The highest BCUT2D eigenvalue weighted by molar-refractivity contribution is 7.11. The molecule has 0 saturated heterocycles. The molecular formula is C19H18F2N4O2S. The number of hydrogen-bond donors (Lipinski definition) is 4. The summed E-state index contributed by atoms with van der Waals surface area (Å²) in [6.07, 6.45) is 0. The van der Waals surface area contributed by atoms with E-state index in [1.54, 1.807) is 6.07 Å². The van der Waals surface area contributed by atoms with Crippen molar-refractivity contribution >= 4 is 28.1 Å². The molecule has 9 heteroatoms. The number of amidine groups is 1. The third-order valence-corrected chi connectivity index (χ3v) is 4.34. The summed E-state index contributed by atoms with van der Waals surface area (Å²) in [6, 6.07) is 9.49. The van der Waals surface area contributed by atoms with Gasteiger partial charge in [0.2, 0.25) is 5.88 Å². The Kier molecular flexibility index (Phi) is 5.74. The fourth-order valence-corrected chi connectivity index (χ4v) is 3.09.